The first-order valence-electron chi connectivity index (χ1n) is 7.08. The molecule has 1 atom stereocenters. The zero-order valence-corrected chi connectivity index (χ0v) is 13.8. The van der Waals surface area contributed by atoms with Crippen LogP contribution in [0.4, 0.5) is 0 Å². The molecule has 0 aliphatic heterocycles. The molecule has 0 bridgehead atoms. The Kier molecular flexibility index (Phi) is 5.83. The number of carbonyl (C=O) groups is 1. The number of benzene rings is 1. The van der Waals surface area contributed by atoms with Gasteiger partial charge in [0.1, 0.15) is 17.9 Å². The van der Waals surface area contributed by atoms with E-state index in [1.54, 1.807) is 11.8 Å². The number of carbonyl (C=O) groups excluding carboxylic acids is 1. The molecule has 1 heterocycles. The molecule has 7 heteroatoms. The van der Waals surface area contributed by atoms with Crippen molar-refractivity contribution in [1.29, 1.82) is 0 Å². The van der Waals surface area contributed by atoms with Crippen molar-refractivity contribution in [3.05, 3.63) is 36.4 Å². The Labute approximate surface area is 134 Å². The van der Waals surface area contributed by atoms with Gasteiger partial charge in [-0.1, -0.05) is 6.07 Å². The van der Waals surface area contributed by atoms with E-state index in [0.717, 1.165) is 23.0 Å². The van der Waals surface area contributed by atoms with E-state index in [1.165, 1.54) is 18.1 Å². The van der Waals surface area contributed by atoms with Crippen LogP contribution in [0, 0.1) is 0 Å². The summed E-state index contributed by atoms with van der Waals surface area (Å²) in [6.07, 6.45) is 1.51. The number of aromatic nitrogens is 3. The van der Waals surface area contributed by atoms with Crippen LogP contribution in [0.3, 0.4) is 0 Å². The van der Waals surface area contributed by atoms with Gasteiger partial charge in [0.25, 0.3) is 0 Å². The van der Waals surface area contributed by atoms with Gasteiger partial charge < -0.3 is 10.1 Å². The van der Waals surface area contributed by atoms with E-state index in [9.17, 15) is 4.79 Å². The van der Waals surface area contributed by atoms with Crippen LogP contribution in [0.15, 0.2) is 35.5 Å². The summed E-state index contributed by atoms with van der Waals surface area (Å²) in [5, 5.41) is 7.05. The summed E-state index contributed by atoms with van der Waals surface area (Å²) in [5.41, 5.74) is 0. The molecule has 2 aromatic rings. The third-order valence-corrected chi connectivity index (χ3v) is 4.11. The summed E-state index contributed by atoms with van der Waals surface area (Å²) >= 11 is 1.47. The van der Waals surface area contributed by atoms with Crippen LogP contribution in [-0.4, -0.2) is 33.5 Å². The fourth-order valence-corrected chi connectivity index (χ4v) is 2.80. The van der Waals surface area contributed by atoms with Crippen LogP contribution in [0.5, 0.6) is 5.75 Å². The Morgan fingerprint density at radius 1 is 1.50 bits per heavy atom. The molecule has 0 spiro atoms. The predicted octanol–water partition coefficient (Wildman–Crippen LogP) is 2.28. The summed E-state index contributed by atoms with van der Waals surface area (Å²) in [6, 6.07) is 7.49. The molecule has 0 unspecified atom stereocenters. The Bertz CT molecular complexity index is 630. The van der Waals surface area contributed by atoms with Crippen molar-refractivity contribution in [2.24, 2.45) is 0 Å². The molecule has 0 fully saturated rings. The number of aryl methyl sites for hydroxylation is 1. The van der Waals surface area contributed by atoms with Crippen LogP contribution >= 0.6 is 11.8 Å². The van der Waals surface area contributed by atoms with Gasteiger partial charge >= 0.3 is 0 Å². The number of nitrogens with zero attached hydrogens (tertiary/aromatic N) is 3. The first-order chi connectivity index (χ1) is 10.6. The van der Waals surface area contributed by atoms with Gasteiger partial charge in [0.15, 0.2) is 0 Å². The monoisotopic (exact) mass is 320 g/mol. The van der Waals surface area contributed by atoms with E-state index in [2.05, 4.69) is 15.4 Å². The van der Waals surface area contributed by atoms with E-state index in [1.807, 2.05) is 38.1 Å². The maximum Gasteiger partial charge on any atom is 0.230 e. The summed E-state index contributed by atoms with van der Waals surface area (Å²) in [7, 11) is 1.63. The molecule has 118 valence electrons. The topological polar surface area (TPSA) is 69.0 Å². The SMILES string of the molecule is CCn1ncnc1[C@H](C)NC(=O)CSc1cccc(OC)c1. The average Bonchev–Trinajstić information content (AvgIpc) is 3.02. The van der Waals surface area contributed by atoms with Crippen molar-refractivity contribution in [3.63, 3.8) is 0 Å². The molecule has 1 aromatic carbocycles. The van der Waals surface area contributed by atoms with Crippen LogP contribution < -0.4 is 10.1 Å². The van der Waals surface area contributed by atoms with Crippen LogP contribution in [0.25, 0.3) is 0 Å². The summed E-state index contributed by atoms with van der Waals surface area (Å²) < 4.78 is 6.95. The number of rotatable bonds is 7. The Hall–Kier alpha value is -2.02. The quantitative estimate of drug-likeness (QED) is 0.793. The second-order valence-electron chi connectivity index (χ2n) is 4.69. The largest absolute Gasteiger partial charge is 0.497 e. The second kappa shape index (κ2) is 7.84. The van der Waals surface area contributed by atoms with Gasteiger partial charge in [0.05, 0.1) is 18.9 Å². The number of ether oxygens (including phenoxy) is 1. The number of thioether (sulfide) groups is 1. The van der Waals surface area contributed by atoms with Crippen molar-refractivity contribution in [2.45, 2.75) is 31.3 Å². The molecule has 1 aromatic heterocycles. The molecular weight excluding hydrogens is 300 g/mol. The maximum absolute atomic E-state index is 12.1. The number of amides is 1. The lowest BCUT2D eigenvalue weighted by Crippen LogP contribution is -2.30. The molecule has 0 saturated heterocycles. The normalized spacial score (nSPS) is 12.0. The van der Waals surface area contributed by atoms with E-state index < -0.39 is 0 Å². The minimum atomic E-state index is -0.166. The molecule has 0 radical (unpaired) electrons. The van der Waals surface area contributed by atoms with Gasteiger partial charge in [-0.25, -0.2) is 9.67 Å². The summed E-state index contributed by atoms with van der Waals surface area (Å²) in [5.74, 6) is 1.86. The van der Waals surface area contributed by atoms with Crippen molar-refractivity contribution >= 4 is 17.7 Å². The third-order valence-electron chi connectivity index (χ3n) is 3.12. The number of hydrogen-bond donors (Lipinski definition) is 1. The molecule has 1 N–H and O–H groups in total. The van der Waals surface area contributed by atoms with Gasteiger partial charge in [-0.15, -0.1) is 11.8 Å². The molecule has 2 rings (SSSR count). The van der Waals surface area contributed by atoms with Crippen LogP contribution in [0.2, 0.25) is 0 Å². The Morgan fingerprint density at radius 2 is 2.32 bits per heavy atom. The van der Waals surface area contributed by atoms with Crippen molar-refractivity contribution < 1.29 is 9.53 Å². The number of methoxy groups -OCH3 is 1. The van der Waals surface area contributed by atoms with Crippen molar-refractivity contribution in [3.8, 4) is 5.75 Å². The summed E-state index contributed by atoms with van der Waals surface area (Å²) in [6.45, 7) is 4.63. The van der Waals surface area contributed by atoms with Crippen molar-refractivity contribution in [1.82, 2.24) is 20.1 Å². The molecular formula is C15H20N4O2S. The number of hydrogen-bond acceptors (Lipinski definition) is 5. The maximum atomic E-state index is 12.1. The Balaban J connectivity index is 1.87. The van der Waals surface area contributed by atoms with E-state index in [-0.39, 0.29) is 11.9 Å². The van der Waals surface area contributed by atoms with Gasteiger partial charge in [-0.3, -0.25) is 4.79 Å². The van der Waals surface area contributed by atoms with Crippen LogP contribution in [-0.2, 0) is 11.3 Å². The molecule has 0 aliphatic rings. The fraction of sp³-hybridized carbons (Fsp3) is 0.400. The van der Waals surface area contributed by atoms with Gasteiger partial charge in [0.2, 0.25) is 5.91 Å². The fourth-order valence-electron chi connectivity index (χ4n) is 2.04. The highest BCUT2D eigenvalue weighted by molar-refractivity contribution is 8.00. The predicted molar refractivity (Wildman–Crippen MR) is 86.0 cm³/mol. The lowest BCUT2D eigenvalue weighted by Gasteiger charge is -2.13. The summed E-state index contributed by atoms with van der Waals surface area (Å²) in [4.78, 5) is 17.2. The van der Waals surface area contributed by atoms with E-state index in [4.69, 9.17) is 4.74 Å². The minimum Gasteiger partial charge on any atom is -0.497 e. The second-order valence-corrected chi connectivity index (χ2v) is 5.74. The molecule has 0 saturated carbocycles. The number of nitrogens with one attached hydrogen (secondary N) is 1. The zero-order valence-electron chi connectivity index (χ0n) is 12.9. The van der Waals surface area contributed by atoms with Crippen molar-refractivity contribution in [2.75, 3.05) is 12.9 Å². The standard InChI is InChI=1S/C15H20N4O2S/c1-4-19-15(16-10-17-19)11(2)18-14(20)9-22-13-7-5-6-12(8-13)21-3/h5-8,10-11H,4,9H2,1-3H3,(H,18,20)/t11-/m0/s1. The highest BCUT2D eigenvalue weighted by Crippen LogP contribution is 2.22. The third kappa shape index (κ3) is 4.24. The molecule has 6 nitrogen and oxygen atoms in total. The van der Waals surface area contributed by atoms with Gasteiger partial charge in [-0.2, -0.15) is 5.10 Å². The van der Waals surface area contributed by atoms with E-state index in [0.29, 0.717) is 5.75 Å². The lowest BCUT2D eigenvalue weighted by atomic mass is 10.3. The highest BCUT2D eigenvalue weighted by Gasteiger charge is 2.15. The molecule has 1 amide bonds. The van der Waals surface area contributed by atoms with Crippen LogP contribution in [0.1, 0.15) is 25.7 Å². The minimum absolute atomic E-state index is 0.0361. The zero-order chi connectivity index (χ0) is 15.9. The first-order valence-corrected chi connectivity index (χ1v) is 8.06. The van der Waals surface area contributed by atoms with E-state index >= 15 is 0 Å². The molecule has 22 heavy (non-hydrogen) atoms. The molecule has 0 aliphatic carbocycles. The first kappa shape index (κ1) is 16.4. The highest BCUT2D eigenvalue weighted by atomic mass is 32.2. The Morgan fingerprint density at radius 3 is 3.05 bits per heavy atom. The van der Waals surface area contributed by atoms with Gasteiger partial charge in [-0.05, 0) is 32.0 Å². The average molecular weight is 320 g/mol. The van der Waals surface area contributed by atoms with Gasteiger partial charge in [0, 0.05) is 11.4 Å². The lowest BCUT2D eigenvalue weighted by molar-refractivity contribution is -0.119. The smallest absolute Gasteiger partial charge is 0.230 e.